The molecule has 5 rings (SSSR count). The first kappa shape index (κ1) is 23.2. The predicted octanol–water partition coefficient (Wildman–Crippen LogP) is 3.00. The summed E-state index contributed by atoms with van der Waals surface area (Å²) in [5.74, 6) is 0.362. The molecule has 11 heteroatoms. The zero-order chi connectivity index (χ0) is 24.7. The van der Waals surface area contributed by atoms with Crippen molar-refractivity contribution >= 4 is 32.6 Å². The van der Waals surface area contributed by atoms with Crippen molar-refractivity contribution in [2.45, 2.75) is 30.7 Å². The number of anilines is 2. The van der Waals surface area contributed by atoms with Gasteiger partial charge in [-0.15, -0.1) is 0 Å². The second-order valence-corrected chi connectivity index (χ2v) is 10.8. The minimum absolute atomic E-state index is 0.0353. The Bertz CT molecular complexity index is 1590. The Balaban J connectivity index is 1.47. The van der Waals surface area contributed by atoms with Crippen LogP contribution in [0.3, 0.4) is 0 Å². The molecule has 0 amide bonds. The maximum Gasteiger partial charge on any atom is 0.330 e. The van der Waals surface area contributed by atoms with Gasteiger partial charge in [0.1, 0.15) is 5.52 Å². The summed E-state index contributed by atoms with van der Waals surface area (Å²) < 4.78 is 32.6. The summed E-state index contributed by atoms with van der Waals surface area (Å²) in [4.78, 5) is 26.8. The Kier molecular flexibility index (Phi) is 5.89. The third-order valence-electron chi connectivity index (χ3n) is 6.30. The SMILES string of the molecule is Cc1cc(-c2cccc(S(C)(=O)=O)c2)ncc1Nc1ncc2c(n1)n(C1CCOCC1)c(=O)n2C. The second-order valence-electron chi connectivity index (χ2n) is 8.77. The van der Waals surface area contributed by atoms with Crippen LogP contribution in [0.5, 0.6) is 0 Å². The smallest absolute Gasteiger partial charge is 0.330 e. The lowest BCUT2D eigenvalue weighted by molar-refractivity contribution is 0.0695. The first-order valence-corrected chi connectivity index (χ1v) is 13.2. The largest absolute Gasteiger partial charge is 0.381 e. The molecule has 1 N–H and O–H groups in total. The van der Waals surface area contributed by atoms with Crippen molar-refractivity contribution in [3.8, 4) is 11.3 Å². The van der Waals surface area contributed by atoms with Crippen LogP contribution in [-0.2, 0) is 21.6 Å². The molecule has 4 aromatic rings. The summed E-state index contributed by atoms with van der Waals surface area (Å²) >= 11 is 0. The molecule has 1 saturated heterocycles. The predicted molar refractivity (Wildman–Crippen MR) is 133 cm³/mol. The Morgan fingerprint density at radius 1 is 1.11 bits per heavy atom. The molecule has 0 unspecified atom stereocenters. The number of nitrogens with zero attached hydrogens (tertiary/aromatic N) is 5. The van der Waals surface area contributed by atoms with Gasteiger partial charge in [0.05, 0.1) is 28.7 Å². The second kappa shape index (κ2) is 8.90. The van der Waals surface area contributed by atoms with E-state index in [1.165, 1.54) is 6.26 Å². The first-order chi connectivity index (χ1) is 16.7. The normalized spacial score (nSPS) is 14.9. The number of sulfone groups is 1. The van der Waals surface area contributed by atoms with Crippen LogP contribution >= 0.6 is 0 Å². The van der Waals surface area contributed by atoms with E-state index in [0.29, 0.717) is 47.3 Å². The highest BCUT2D eigenvalue weighted by Crippen LogP contribution is 2.27. The number of imidazole rings is 1. The maximum atomic E-state index is 12.9. The van der Waals surface area contributed by atoms with Crippen LogP contribution in [-0.4, -0.2) is 52.0 Å². The monoisotopic (exact) mass is 494 g/mol. The van der Waals surface area contributed by atoms with E-state index in [0.717, 1.165) is 18.4 Å². The third kappa shape index (κ3) is 4.44. The van der Waals surface area contributed by atoms with Crippen molar-refractivity contribution in [3.05, 3.63) is 58.8 Å². The van der Waals surface area contributed by atoms with Crippen LogP contribution in [0, 0.1) is 6.92 Å². The van der Waals surface area contributed by atoms with Gasteiger partial charge in [-0.25, -0.2) is 18.2 Å². The number of fused-ring (bicyclic) bond motifs is 1. The molecule has 0 saturated carbocycles. The lowest BCUT2D eigenvalue weighted by Gasteiger charge is -2.22. The number of pyridine rings is 1. The molecule has 1 fully saturated rings. The fraction of sp³-hybridized carbons (Fsp3) is 0.333. The summed E-state index contributed by atoms with van der Waals surface area (Å²) in [6.45, 7) is 3.16. The Morgan fingerprint density at radius 2 is 1.89 bits per heavy atom. The summed E-state index contributed by atoms with van der Waals surface area (Å²) in [5, 5.41) is 3.21. The molecule has 0 radical (unpaired) electrons. The van der Waals surface area contributed by atoms with Crippen LogP contribution in [0.25, 0.3) is 22.4 Å². The molecule has 10 nitrogen and oxygen atoms in total. The van der Waals surface area contributed by atoms with E-state index < -0.39 is 9.84 Å². The molecule has 35 heavy (non-hydrogen) atoms. The molecule has 0 aliphatic carbocycles. The van der Waals surface area contributed by atoms with E-state index in [4.69, 9.17) is 4.74 Å². The van der Waals surface area contributed by atoms with Gasteiger partial charge in [0, 0.05) is 38.1 Å². The van der Waals surface area contributed by atoms with Crippen molar-refractivity contribution in [1.29, 1.82) is 0 Å². The maximum absolute atomic E-state index is 12.9. The summed E-state index contributed by atoms with van der Waals surface area (Å²) in [7, 11) is -1.59. The third-order valence-corrected chi connectivity index (χ3v) is 7.41. The van der Waals surface area contributed by atoms with Gasteiger partial charge >= 0.3 is 5.69 Å². The Hall–Kier alpha value is -3.57. The molecule has 4 heterocycles. The van der Waals surface area contributed by atoms with Crippen molar-refractivity contribution in [2.75, 3.05) is 24.8 Å². The Morgan fingerprint density at radius 3 is 2.60 bits per heavy atom. The number of ether oxygens (including phenoxy) is 1. The zero-order valence-electron chi connectivity index (χ0n) is 19.7. The van der Waals surface area contributed by atoms with Crippen molar-refractivity contribution < 1.29 is 13.2 Å². The van der Waals surface area contributed by atoms with Gasteiger partial charge in [0.15, 0.2) is 15.5 Å². The van der Waals surface area contributed by atoms with Gasteiger partial charge < -0.3 is 10.1 Å². The highest BCUT2D eigenvalue weighted by atomic mass is 32.2. The summed E-state index contributed by atoms with van der Waals surface area (Å²) in [5.41, 5.74) is 4.11. The molecular formula is C24H26N6O4S. The summed E-state index contributed by atoms with van der Waals surface area (Å²) in [6, 6.07) is 8.63. The minimum Gasteiger partial charge on any atom is -0.381 e. The molecule has 182 valence electrons. The number of aryl methyl sites for hydroxylation is 2. The van der Waals surface area contributed by atoms with Crippen LogP contribution in [0.15, 0.2) is 52.4 Å². The van der Waals surface area contributed by atoms with Crippen LogP contribution < -0.4 is 11.0 Å². The topological polar surface area (TPSA) is 121 Å². The minimum atomic E-state index is -3.31. The first-order valence-electron chi connectivity index (χ1n) is 11.3. The average molecular weight is 495 g/mol. The standard InChI is InChI=1S/C24H26N6O4S/c1-15-11-19(16-5-4-6-18(12-16)35(3,32)33)25-13-20(15)27-23-26-14-21-22(28-23)30(24(31)29(21)2)17-7-9-34-10-8-17/h4-6,11-14,17H,7-10H2,1-3H3,(H,26,27,28). The van der Waals surface area contributed by atoms with Gasteiger partial charge in [-0.05, 0) is 43.5 Å². The van der Waals surface area contributed by atoms with Crippen molar-refractivity contribution in [2.24, 2.45) is 7.05 Å². The van der Waals surface area contributed by atoms with E-state index in [2.05, 4.69) is 20.3 Å². The molecular weight excluding hydrogens is 468 g/mol. The molecule has 1 aliphatic heterocycles. The molecule has 1 aliphatic rings. The highest BCUT2D eigenvalue weighted by Gasteiger charge is 2.23. The van der Waals surface area contributed by atoms with E-state index >= 15 is 0 Å². The van der Waals surface area contributed by atoms with Gasteiger partial charge in [-0.2, -0.15) is 4.98 Å². The van der Waals surface area contributed by atoms with Crippen LogP contribution in [0.1, 0.15) is 24.4 Å². The lowest BCUT2D eigenvalue weighted by atomic mass is 10.1. The van der Waals surface area contributed by atoms with Gasteiger partial charge in [-0.1, -0.05) is 12.1 Å². The van der Waals surface area contributed by atoms with Gasteiger partial charge in [0.25, 0.3) is 0 Å². The van der Waals surface area contributed by atoms with Crippen LogP contribution in [0.2, 0.25) is 0 Å². The molecule has 0 atom stereocenters. The number of rotatable bonds is 5. The highest BCUT2D eigenvalue weighted by molar-refractivity contribution is 7.90. The lowest BCUT2D eigenvalue weighted by Crippen LogP contribution is -2.30. The van der Waals surface area contributed by atoms with Gasteiger partial charge in [0.2, 0.25) is 5.95 Å². The molecule has 0 spiro atoms. The van der Waals surface area contributed by atoms with Crippen LogP contribution in [0.4, 0.5) is 11.6 Å². The number of hydrogen-bond acceptors (Lipinski definition) is 8. The fourth-order valence-electron chi connectivity index (χ4n) is 4.32. The Labute approximate surface area is 202 Å². The van der Waals surface area contributed by atoms with E-state index in [1.54, 1.807) is 46.8 Å². The van der Waals surface area contributed by atoms with Crippen molar-refractivity contribution in [1.82, 2.24) is 24.1 Å². The van der Waals surface area contributed by atoms with E-state index in [-0.39, 0.29) is 16.6 Å². The van der Waals surface area contributed by atoms with E-state index in [9.17, 15) is 13.2 Å². The van der Waals surface area contributed by atoms with Gasteiger partial charge in [-0.3, -0.25) is 14.1 Å². The molecule has 1 aromatic carbocycles. The van der Waals surface area contributed by atoms with Crippen molar-refractivity contribution in [3.63, 3.8) is 0 Å². The fourth-order valence-corrected chi connectivity index (χ4v) is 4.99. The quantitative estimate of drug-likeness (QED) is 0.449. The van der Waals surface area contributed by atoms with E-state index in [1.807, 2.05) is 19.1 Å². The molecule has 3 aromatic heterocycles. The number of aromatic nitrogens is 5. The summed E-state index contributed by atoms with van der Waals surface area (Å²) in [6.07, 6.45) is 6.02. The number of hydrogen-bond donors (Lipinski definition) is 1. The molecule has 0 bridgehead atoms. The number of nitrogens with one attached hydrogen (secondary N) is 1. The zero-order valence-corrected chi connectivity index (χ0v) is 20.5. The average Bonchev–Trinajstić information content (AvgIpc) is 3.10. The number of benzene rings is 1.